The molecule has 8 heteroatoms. The van der Waals surface area contributed by atoms with Crippen molar-refractivity contribution in [3.8, 4) is 0 Å². The highest BCUT2D eigenvalue weighted by Gasteiger charge is 2.09. The molecule has 0 saturated heterocycles. The van der Waals surface area contributed by atoms with Crippen LogP contribution in [0, 0.1) is 10.1 Å². The summed E-state index contributed by atoms with van der Waals surface area (Å²) in [5.41, 5.74) is 1.18. The largest absolute Gasteiger partial charge is 0.433 e. The number of carbonyl (C=O) groups is 1. The number of hydrogen-bond acceptors (Lipinski definition) is 5. The van der Waals surface area contributed by atoms with Gasteiger partial charge in [-0.25, -0.2) is 0 Å². The third-order valence-electron chi connectivity index (χ3n) is 2.92. The Morgan fingerprint density at radius 2 is 2.04 bits per heavy atom. The highest BCUT2D eigenvalue weighted by molar-refractivity contribution is 7.98. The Labute approximate surface area is 148 Å². The summed E-state index contributed by atoms with van der Waals surface area (Å²) in [7, 11) is 0. The molecule has 24 heavy (non-hydrogen) atoms. The van der Waals surface area contributed by atoms with E-state index in [4.69, 9.17) is 16.0 Å². The number of furan rings is 1. The van der Waals surface area contributed by atoms with Gasteiger partial charge in [0.25, 0.3) is 0 Å². The maximum Gasteiger partial charge on any atom is 0.433 e. The van der Waals surface area contributed by atoms with Crippen LogP contribution < -0.4 is 5.32 Å². The van der Waals surface area contributed by atoms with E-state index in [1.54, 1.807) is 11.8 Å². The number of nitrogens with zero attached hydrogens (tertiary/aromatic N) is 1. The minimum Gasteiger partial charge on any atom is -0.401 e. The summed E-state index contributed by atoms with van der Waals surface area (Å²) in [6.07, 6.45) is 2.68. The molecule has 1 heterocycles. The standard InChI is InChI=1S/C16H15ClN2O4S/c17-13-3-1-12(2-4-13)11-24-10-9-18-15(20)7-5-14-6-8-16(23-14)19(21)22/h1-8H,9-11H2,(H,18,20)/b7-5+. The Bertz CT molecular complexity index is 728. The summed E-state index contributed by atoms with van der Waals surface area (Å²) in [4.78, 5) is 21.5. The molecule has 0 aliphatic heterocycles. The normalized spacial score (nSPS) is 10.9. The SMILES string of the molecule is O=C(/C=C/c1ccc([N+](=O)[O-])o1)NCCSCc1ccc(Cl)cc1. The predicted octanol–water partition coefficient (Wildman–Crippen LogP) is 3.90. The van der Waals surface area contributed by atoms with Gasteiger partial charge in [0.05, 0.1) is 6.07 Å². The first-order chi connectivity index (χ1) is 11.5. The lowest BCUT2D eigenvalue weighted by Gasteiger charge is -2.03. The highest BCUT2D eigenvalue weighted by Crippen LogP contribution is 2.17. The van der Waals surface area contributed by atoms with E-state index in [2.05, 4.69) is 5.32 Å². The van der Waals surface area contributed by atoms with Crippen LogP contribution in [0.3, 0.4) is 0 Å². The summed E-state index contributed by atoms with van der Waals surface area (Å²) in [5, 5.41) is 13.9. The van der Waals surface area contributed by atoms with Gasteiger partial charge in [-0.1, -0.05) is 23.7 Å². The van der Waals surface area contributed by atoms with Gasteiger partial charge >= 0.3 is 5.88 Å². The summed E-state index contributed by atoms with van der Waals surface area (Å²) in [6.45, 7) is 0.528. The Morgan fingerprint density at radius 3 is 2.71 bits per heavy atom. The molecular formula is C16H15ClN2O4S. The van der Waals surface area contributed by atoms with Gasteiger partial charge in [0.2, 0.25) is 5.91 Å². The third-order valence-corrected chi connectivity index (χ3v) is 4.20. The van der Waals surface area contributed by atoms with Crippen molar-refractivity contribution < 1.29 is 14.1 Å². The molecule has 0 aliphatic rings. The Hall–Kier alpha value is -2.25. The zero-order valence-electron chi connectivity index (χ0n) is 12.6. The van der Waals surface area contributed by atoms with Gasteiger partial charge in [0.1, 0.15) is 10.7 Å². The van der Waals surface area contributed by atoms with Gasteiger partial charge in [-0.15, -0.1) is 0 Å². The van der Waals surface area contributed by atoms with Gasteiger partial charge < -0.3 is 9.73 Å². The summed E-state index contributed by atoms with van der Waals surface area (Å²) in [5.74, 6) is 1.25. The Balaban J connectivity index is 1.64. The lowest BCUT2D eigenvalue weighted by molar-refractivity contribution is -0.402. The molecule has 0 atom stereocenters. The van der Waals surface area contributed by atoms with Crippen LogP contribution in [0.25, 0.3) is 6.08 Å². The van der Waals surface area contributed by atoms with Crippen LogP contribution in [-0.4, -0.2) is 23.1 Å². The molecule has 6 nitrogen and oxygen atoms in total. The molecule has 1 N–H and O–H groups in total. The number of carbonyl (C=O) groups excluding carboxylic acids is 1. The van der Waals surface area contributed by atoms with E-state index in [1.807, 2.05) is 24.3 Å². The summed E-state index contributed by atoms with van der Waals surface area (Å²) >= 11 is 7.52. The molecule has 1 amide bonds. The van der Waals surface area contributed by atoms with Crippen molar-refractivity contribution >= 4 is 41.2 Å². The monoisotopic (exact) mass is 366 g/mol. The van der Waals surface area contributed by atoms with E-state index >= 15 is 0 Å². The molecule has 0 aliphatic carbocycles. The molecule has 0 fully saturated rings. The van der Waals surface area contributed by atoms with Gasteiger partial charge in [-0.05, 0) is 29.8 Å². The molecule has 0 radical (unpaired) electrons. The van der Waals surface area contributed by atoms with Crippen molar-refractivity contribution in [2.45, 2.75) is 5.75 Å². The Kier molecular flexibility index (Phi) is 6.89. The molecule has 0 saturated carbocycles. The minimum absolute atomic E-state index is 0.258. The lowest BCUT2D eigenvalue weighted by atomic mass is 10.2. The Morgan fingerprint density at radius 1 is 1.29 bits per heavy atom. The van der Waals surface area contributed by atoms with Crippen molar-refractivity contribution in [3.63, 3.8) is 0 Å². The second-order valence-corrected chi connectivity index (χ2v) is 6.28. The maximum absolute atomic E-state index is 11.6. The van der Waals surface area contributed by atoms with Gasteiger partial charge in [0, 0.05) is 29.1 Å². The second-order valence-electron chi connectivity index (χ2n) is 4.74. The van der Waals surface area contributed by atoms with Crippen LogP contribution in [0.5, 0.6) is 0 Å². The number of amides is 1. The number of nitro groups is 1. The number of thioether (sulfide) groups is 1. The molecule has 2 rings (SSSR count). The number of hydrogen-bond donors (Lipinski definition) is 1. The van der Waals surface area contributed by atoms with E-state index in [0.717, 1.165) is 11.5 Å². The average molecular weight is 367 g/mol. The van der Waals surface area contributed by atoms with Crippen LogP contribution in [0.15, 0.2) is 46.9 Å². The van der Waals surface area contributed by atoms with Crippen LogP contribution in [0.2, 0.25) is 5.02 Å². The first-order valence-electron chi connectivity index (χ1n) is 7.07. The van der Waals surface area contributed by atoms with Crippen molar-refractivity contribution in [3.05, 3.63) is 68.9 Å². The predicted molar refractivity (Wildman–Crippen MR) is 95.0 cm³/mol. The number of halogens is 1. The fraction of sp³-hybridized carbons (Fsp3) is 0.188. The van der Waals surface area contributed by atoms with Crippen molar-refractivity contribution in [1.82, 2.24) is 5.32 Å². The quantitative estimate of drug-likeness (QED) is 0.331. The average Bonchev–Trinajstić information content (AvgIpc) is 3.04. The molecule has 0 unspecified atom stereocenters. The van der Waals surface area contributed by atoms with E-state index in [9.17, 15) is 14.9 Å². The number of benzene rings is 1. The summed E-state index contributed by atoms with van der Waals surface area (Å²) in [6, 6.07) is 10.3. The number of nitrogens with one attached hydrogen (secondary N) is 1. The van der Waals surface area contributed by atoms with E-state index < -0.39 is 4.92 Å². The molecule has 0 bridgehead atoms. The zero-order chi connectivity index (χ0) is 17.4. The smallest absolute Gasteiger partial charge is 0.401 e. The van der Waals surface area contributed by atoms with Crippen LogP contribution >= 0.6 is 23.4 Å². The second kappa shape index (κ2) is 9.14. The molecule has 126 valence electrons. The van der Waals surface area contributed by atoms with Crippen LogP contribution in [0.4, 0.5) is 5.88 Å². The minimum atomic E-state index is -0.630. The maximum atomic E-state index is 11.6. The van der Waals surface area contributed by atoms with E-state index in [-0.39, 0.29) is 17.6 Å². The van der Waals surface area contributed by atoms with Crippen molar-refractivity contribution in [2.75, 3.05) is 12.3 Å². The third kappa shape index (κ3) is 6.10. The van der Waals surface area contributed by atoms with Gasteiger partial charge in [-0.2, -0.15) is 11.8 Å². The number of rotatable bonds is 8. The van der Waals surface area contributed by atoms with E-state index in [0.29, 0.717) is 11.6 Å². The molecule has 0 spiro atoms. The van der Waals surface area contributed by atoms with Crippen LogP contribution in [0.1, 0.15) is 11.3 Å². The molecule has 1 aromatic heterocycles. The topological polar surface area (TPSA) is 85.4 Å². The fourth-order valence-corrected chi connectivity index (χ4v) is 2.71. The zero-order valence-corrected chi connectivity index (χ0v) is 14.2. The lowest BCUT2D eigenvalue weighted by Crippen LogP contribution is -2.23. The molecular weight excluding hydrogens is 352 g/mol. The van der Waals surface area contributed by atoms with Crippen molar-refractivity contribution in [2.24, 2.45) is 0 Å². The fourth-order valence-electron chi connectivity index (χ4n) is 1.76. The van der Waals surface area contributed by atoms with Crippen molar-refractivity contribution in [1.29, 1.82) is 0 Å². The van der Waals surface area contributed by atoms with Gasteiger partial charge in [-0.3, -0.25) is 14.9 Å². The van der Waals surface area contributed by atoms with E-state index in [1.165, 1.54) is 29.8 Å². The summed E-state index contributed by atoms with van der Waals surface area (Å²) < 4.78 is 4.92. The van der Waals surface area contributed by atoms with Crippen LogP contribution in [-0.2, 0) is 10.5 Å². The molecule has 2 aromatic rings. The van der Waals surface area contributed by atoms with Gasteiger partial charge in [0.15, 0.2) is 0 Å². The highest BCUT2D eigenvalue weighted by atomic mass is 35.5. The first kappa shape index (κ1) is 18.1. The molecule has 1 aromatic carbocycles. The first-order valence-corrected chi connectivity index (χ1v) is 8.60.